The molecule has 394 valence electrons. The molecule has 0 fully saturated rings. The molecule has 0 spiro atoms. The number of hydrogen-bond acceptors (Lipinski definition) is 5. The maximum absolute atomic E-state index is 12.5. The number of hydrogen-bond donors (Lipinski definition) is 3. The zero-order valence-corrected chi connectivity index (χ0v) is 44.9. The Morgan fingerprint density at radius 3 is 1.09 bits per heavy atom. The average molecular weight is 943 g/mol. The van der Waals surface area contributed by atoms with E-state index in [0.29, 0.717) is 19.4 Å². The van der Waals surface area contributed by atoms with Gasteiger partial charge < -0.3 is 20.3 Å². The van der Waals surface area contributed by atoms with E-state index in [9.17, 15) is 19.8 Å². The summed E-state index contributed by atoms with van der Waals surface area (Å²) in [5.41, 5.74) is 0. The Kier molecular flexibility index (Phi) is 55.0. The minimum absolute atomic E-state index is 0.000934. The second-order valence-electron chi connectivity index (χ2n) is 20.3. The van der Waals surface area contributed by atoms with Crippen molar-refractivity contribution in [3.8, 4) is 0 Å². The molecule has 0 aliphatic carbocycles. The van der Waals surface area contributed by atoms with Crippen molar-refractivity contribution < 1.29 is 24.5 Å². The van der Waals surface area contributed by atoms with Crippen molar-refractivity contribution in [2.24, 2.45) is 0 Å². The maximum Gasteiger partial charge on any atom is 0.305 e. The molecule has 0 aliphatic heterocycles. The van der Waals surface area contributed by atoms with Crippen LogP contribution >= 0.6 is 0 Å². The highest BCUT2D eigenvalue weighted by molar-refractivity contribution is 5.76. The van der Waals surface area contributed by atoms with Gasteiger partial charge in [0.15, 0.2) is 0 Å². The van der Waals surface area contributed by atoms with Gasteiger partial charge in [-0.3, -0.25) is 9.59 Å². The van der Waals surface area contributed by atoms with E-state index in [2.05, 4.69) is 43.5 Å². The fraction of sp³-hybridized carbons (Fsp3) is 0.869. The smallest absolute Gasteiger partial charge is 0.305 e. The zero-order chi connectivity index (χ0) is 48.6. The second kappa shape index (κ2) is 56.7. The van der Waals surface area contributed by atoms with Crippen LogP contribution in [0.2, 0.25) is 0 Å². The van der Waals surface area contributed by atoms with Gasteiger partial charge in [-0.1, -0.05) is 256 Å². The van der Waals surface area contributed by atoms with Gasteiger partial charge in [0.05, 0.1) is 25.4 Å². The molecule has 6 heteroatoms. The number of carbonyl (C=O) groups is 2. The molecule has 2 unspecified atom stereocenters. The van der Waals surface area contributed by atoms with E-state index in [1.165, 1.54) is 238 Å². The predicted octanol–water partition coefficient (Wildman–Crippen LogP) is 18.4. The second-order valence-corrected chi connectivity index (χ2v) is 20.3. The van der Waals surface area contributed by atoms with Crippen LogP contribution in [-0.2, 0) is 14.3 Å². The largest absolute Gasteiger partial charge is 0.466 e. The normalized spacial score (nSPS) is 12.8. The van der Waals surface area contributed by atoms with Gasteiger partial charge in [0, 0.05) is 12.8 Å². The third-order valence-corrected chi connectivity index (χ3v) is 13.6. The summed E-state index contributed by atoms with van der Waals surface area (Å²) in [6.45, 7) is 4.88. The lowest BCUT2D eigenvalue weighted by Crippen LogP contribution is -2.45. The first-order chi connectivity index (χ1) is 33.0. The van der Waals surface area contributed by atoms with Gasteiger partial charge in [-0.2, -0.15) is 0 Å². The summed E-state index contributed by atoms with van der Waals surface area (Å²) in [4.78, 5) is 24.5. The molecule has 3 N–H and O–H groups in total. The number of carbonyl (C=O) groups excluding carboxylic acids is 2. The summed E-state index contributed by atoms with van der Waals surface area (Å²) in [7, 11) is 0. The number of nitrogens with one attached hydrogen (secondary N) is 1. The number of esters is 1. The molecule has 0 bridgehead atoms. The fourth-order valence-corrected chi connectivity index (χ4v) is 9.03. The number of amides is 1. The van der Waals surface area contributed by atoms with Gasteiger partial charge in [0.2, 0.25) is 5.91 Å². The van der Waals surface area contributed by atoms with Crippen molar-refractivity contribution in [3.05, 3.63) is 36.5 Å². The van der Waals surface area contributed by atoms with Crippen LogP contribution in [0.1, 0.15) is 316 Å². The first kappa shape index (κ1) is 65.1. The molecule has 0 saturated heterocycles. The molecule has 0 radical (unpaired) electrons. The quantitative estimate of drug-likeness (QED) is 0.0321. The standard InChI is InChI=1S/C61H115NO5/c1-3-5-7-9-11-13-15-17-18-27-30-33-37-41-45-49-53-59(64)58(57-63)62-60(65)54-50-46-42-38-34-31-28-25-23-21-19-20-22-24-26-29-32-36-40-44-48-52-56-67-61(66)55-51-47-43-39-35-16-14-12-10-8-6-4-2/h12,14,21,23,49,53,58-59,63-64H,3-11,13,15-20,22,24-48,50-52,54-57H2,1-2H3,(H,62,65)/b14-12-,23-21-,53-49+. The number of ether oxygens (including phenoxy) is 1. The minimum Gasteiger partial charge on any atom is -0.466 e. The SMILES string of the molecule is CCCCC/C=C\CCCCCCCC(=O)OCCCCCCCCCCCCC/C=C\CCCCCCCCCC(=O)NC(CO)C(O)/C=C/CCCCCCCCCCCCCCCC. The van der Waals surface area contributed by atoms with Crippen LogP contribution in [-0.4, -0.2) is 47.4 Å². The molecule has 0 heterocycles. The highest BCUT2D eigenvalue weighted by atomic mass is 16.5. The summed E-state index contributed by atoms with van der Waals surface area (Å²) >= 11 is 0. The Morgan fingerprint density at radius 2 is 0.701 bits per heavy atom. The number of aliphatic hydroxyl groups excluding tert-OH is 2. The first-order valence-corrected chi connectivity index (χ1v) is 29.8. The average Bonchev–Trinajstić information content (AvgIpc) is 3.33. The van der Waals surface area contributed by atoms with E-state index >= 15 is 0 Å². The van der Waals surface area contributed by atoms with E-state index in [4.69, 9.17) is 4.74 Å². The number of allylic oxidation sites excluding steroid dienone is 5. The van der Waals surface area contributed by atoms with Gasteiger partial charge in [0.1, 0.15) is 0 Å². The molecule has 1 amide bonds. The van der Waals surface area contributed by atoms with Gasteiger partial charge in [0.25, 0.3) is 0 Å². The molecule has 2 atom stereocenters. The van der Waals surface area contributed by atoms with Crippen LogP contribution in [0.25, 0.3) is 0 Å². The Balaban J connectivity index is 3.45. The Morgan fingerprint density at radius 1 is 0.403 bits per heavy atom. The van der Waals surface area contributed by atoms with Crippen LogP contribution in [0.3, 0.4) is 0 Å². The lowest BCUT2D eigenvalue weighted by molar-refractivity contribution is -0.143. The van der Waals surface area contributed by atoms with Crippen molar-refractivity contribution in [2.45, 2.75) is 328 Å². The Labute approximate surface area is 417 Å². The number of aliphatic hydroxyl groups is 2. The third kappa shape index (κ3) is 53.3. The maximum atomic E-state index is 12.5. The Bertz CT molecular complexity index is 1090. The molecule has 0 aromatic rings. The van der Waals surface area contributed by atoms with E-state index in [-0.39, 0.29) is 18.5 Å². The van der Waals surface area contributed by atoms with Crippen molar-refractivity contribution >= 4 is 11.9 Å². The predicted molar refractivity (Wildman–Crippen MR) is 292 cm³/mol. The van der Waals surface area contributed by atoms with Gasteiger partial charge in [-0.25, -0.2) is 0 Å². The third-order valence-electron chi connectivity index (χ3n) is 13.6. The van der Waals surface area contributed by atoms with Crippen molar-refractivity contribution in [1.82, 2.24) is 5.32 Å². The number of unbranched alkanes of at least 4 members (excludes halogenated alkanes) is 40. The summed E-state index contributed by atoms with van der Waals surface area (Å²) in [5.74, 6) is -0.0750. The summed E-state index contributed by atoms with van der Waals surface area (Å²) in [5, 5.41) is 23.1. The van der Waals surface area contributed by atoms with E-state index in [1.807, 2.05) is 6.08 Å². The van der Waals surface area contributed by atoms with Crippen molar-refractivity contribution in [1.29, 1.82) is 0 Å². The topological polar surface area (TPSA) is 95.9 Å². The first-order valence-electron chi connectivity index (χ1n) is 29.8. The highest BCUT2D eigenvalue weighted by Gasteiger charge is 2.18. The van der Waals surface area contributed by atoms with Crippen molar-refractivity contribution in [3.63, 3.8) is 0 Å². The van der Waals surface area contributed by atoms with Crippen LogP contribution in [0, 0.1) is 0 Å². The van der Waals surface area contributed by atoms with Gasteiger partial charge in [-0.15, -0.1) is 0 Å². The van der Waals surface area contributed by atoms with Crippen LogP contribution in [0.4, 0.5) is 0 Å². The molecule has 6 nitrogen and oxygen atoms in total. The van der Waals surface area contributed by atoms with E-state index in [0.717, 1.165) is 51.4 Å². The molecule has 0 aromatic carbocycles. The van der Waals surface area contributed by atoms with Crippen LogP contribution in [0.15, 0.2) is 36.5 Å². The number of rotatable bonds is 55. The molecule has 0 aromatic heterocycles. The Hall–Kier alpha value is -1.92. The minimum atomic E-state index is -0.849. The van der Waals surface area contributed by atoms with Gasteiger partial charge in [-0.05, 0) is 83.5 Å². The lowest BCUT2D eigenvalue weighted by Gasteiger charge is -2.20. The van der Waals surface area contributed by atoms with Crippen molar-refractivity contribution in [2.75, 3.05) is 13.2 Å². The van der Waals surface area contributed by atoms with Crippen LogP contribution in [0.5, 0.6) is 0 Å². The van der Waals surface area contributed by atoms with E-state index in [1.54, 1.807) is 6.08 Å². The molecule has 0 saturated carbocycles. The molecule has 0 rings (SSSR count). The zero-order valence-electron chi connectivity index (χ0n) is 44.9. The summed E-state index contributed by atoms with van der Waals surface area (Å²) < 4.78 is 5.46. The highest BCUT2D eigenvalue weighted by Crippen LogP contribution is 2.16. The lowest BCUT2D eigenvalue weighted by atomic mass is 10.0. The molecular weight excluding hydrogens is 827 g/mol. The van der Waals surface area contributed by atoms with Gasteiger partial charge >= 0.3 is 5.97 Å². The molecule has 67 heavy (non-hydrogen) atoms. The fourth-order valence-electron chi connectivity index (χ4n) is 9.03. The molecular formula is C61H115NO5. The summed E-state index contributed by atoms with van der Waals surface area (Å²) in [6, 6.07) is -0.633. The van der Waals surface area contributed by atoms with Crippen LogP contribution < -0.4 is 5.32 Å². The summed E-state index contributed by atoms with van der Waals surface area (Å²) in [6.07, 6.45) is 70.3. The monoisotopic (exact) mass is 942 g/mol. The molecule has 0 aliphatic rings. The van der Waals surface area contributed by atoms with E-state index < -0.39 is 12.1 Å².